The summed E-state index contributed by atoms with van der Waals surface area (Å²) < 4.78 is 7.63. The van der Waals surface area contributed by atoms with Gasteiger partial charge in [-0.25, -0.2) is 4.98 Å². The minimum Gasteiger partial charge on any atom is -0.376 e. The van der Waals surface area contributed by atoms with Gasteiger partial charge in [0, 0.05) is 35.7 Å². The maximum Gasteiger partial charge on any atom is 0.263 e. The molecule has 9 heteroatoms. The van der Waals surface area contributed by atoms with Crippen molar-refractivity contribution in [1.82, 2.24) is 14.5 Å². The lowest BCUT2D eigenvalue weighted by atomic mass is 10.1. The number of carbonyl (C=O) groups is 1. The van der Waals surface area contributed by atoms with E-state index in [9.17, 15) is 9.59 Å². The highest BCUT2D eigenvalue weighted by Gasteiger charge is 2.27. The second kappa shape index (κ2) is 9.17. The third kappa shape index (κ3) is 4.21. The number of thiophene rings is 1. The van der Waals surface area contributed by atoms with Gasteiger partial charge in [-0.15, -0.1) is 11.3 Å². The molecule has 6 nitrogen and oxygen atoms in total. The van der Waals surface area contributed by atoms with Crippen LogP contribution in [0, 0.1) is 0 Å². The second-order valence-electron chi connectivity index (χ2n) is 8.20. The number of thioether (sulfide) groups is 1. The van der Waals surface area contributed by atoms with Gasteiger partial charge < -0.3 is 9.64 Å². The molecule has 1 fully saturated rings. The number of aromatic nitrogens is 2. The van der Waals surface area contributed by atoms with Crippen molar-refractivity contribution in [3.63, 3.8) is 0 Å². The summed E-state index contributed by atoms with van der Waals surface area (Å²) in [4.78, 5) is 34.2. The van der Waals surface area contributed by atoms with Crippen molar-refractivity contribution in [2.45, 2.75) is 56.3 Å². The summed E-state index contributed by atoms with van der Waals surface area (Å²) in [6.45, 7) is 4.04. The highest BCUT2D eigenvalue weighted by molar-refractivity contribution is 7.98. The van der Waals surface area contributed by atoms with Gasteiger partial charge in [0.1, 0.15) is 4.83 Å². The van der Waals surface area contributed by atoms with E-state index in [1.165, 1.54) is 23.1 Å². The van der Waals surface area contributed by atoms with Gasteiger partial charge in [0.25, 0.3) is 5.56 Å². The Morgan fingerprint density at radius 1 is 1.38 bits per heavy atom. The number of carbonyl (C=O) groups excluding carboxylic acids is 1. The quantitative estimate of drug-likeness (QED) is 0.390. The summed E-state index contributed by atoms with van der Waals surface area (Å²) >= 11 is 9.42. The number of hydrogen-bond donors (Lipinski definition) is 0. The van der Waals surface area contributed by atoms with Crippen molar-refractivity contribution >= 4 is 50.8 Å². The number of benzene rings is 1. The Labute approximate surface area is 199 Å². The monoisotopic (exact) mass is 489 g/mol. The van der Waals surface area contributed by atoms with E-state index < -0.39 is 0 Å². The standard InChI is InChI=1S/C23H24ClN3O3S2/c1-14(28)26-9-8-17-19(12-26)32-21-20(17)22(29)27(11-16-6-4-10-30-16)23(25-21)31-13-15-5-2-3-7-18(15)24/h2-3,5,7,16H,4,6,8-13H2,1H3/t16-/m0/s1. The molecule has 5 rings (SSSR count). The Kier molecular flexibility index (Phi) is 6.29. The van der Waals surface area contributed by atoms with Crippen LogP contribution in [0.5, 0.6) is 0 Å². The zero-order chi connectivity index (χ0) is 22.2. The third-order valence-corrected chi connectivity index (χ3v) is 8.60. The van der Waals surface area contributed by atoms with E-state index in [1.54, 1.807) is 11.5 Å². The summed E-state index contributed by atoms with van der Waals surface area (Å²) in [5.41, 5.74) is 2.07. The van der Waals surface area contributed by atoms with Crippen molar-refractivity contribution in [2.75, 3.05) is 13.2 Å². The Hall–Kier alpha value is -1.87. The van der Waals surface area contributed by atoms with Crippen molar-refractivity contribution in [1.29, 1.82) is 0 Å². The Morgan fingerprint density at radius 3 is 2.97 bits per heavy atom. The summed E-state index contributed by atoms with van der Waals surface area (Å²) in [6, 6.07) is 7.75. The van der Waals surface area contributed by atoms with E-state index >= 15 is 0 Å². The van der Waals surface area contributed by atoms with Crippen LogP contribution in [0.3, 0.4) is 0 Å². The number of rotatable bonds is 5. The average molecular weight is 490 g/mol. The molecule has 0 bridgehead atoms. The third-order valence-electron chi connectivity index (χ3n) is 6.10. The van der Waals surface area contributed by atoms with E-state index in [2.05, 4.69) is 0 Å². The number of nitrogens with zero attached hydrogens (tertiary/aromatic N) is 3. The van der Waals surface area contributed by atoms with Crippen molar-refractivity contribution in [3.8, 4) is 0 Å². The van der Waals surface area contributed by atoms with Crippen LogP contribution in [0.15, 0.2) is 34.2 Å². The van der Waals surface area contributed by atoms with E-state index in [0.717, 1.165) is 40.3 Å². The Bertz CT molecular complexity index is 1230. The van der Waals surface area contributed by atoms with E-state index in [-0.39, 0.29) is 17.6 Å². The normalized spacial score (nSPS) is 18.3. The molecule has 1 atom stereocenters. The molecule has 2 aliphatic heterocycles. The van der Waals surface area contributed by atoms with Crippen LogP contribution in [0.25, 0.3) is 10.2 Å². The lowest BCUT2D eigenvalue weighted by Crippen LogP contribution is -2.34. The van der Waals surface area contributed by atoms with Crippen LogP contribution in [0.4, 0.5) is 0 Å². The summed E-state index contributed by atoms with van der Waals surface area (Å²) in [5, 5.41) is 2.12. The molecule has 2 aromatic heterocycles. The molecule has 1 saturated heterocycles. The van der Waals surface area contributed by atoms with E-state index in [1.807, 2.05) is 29.2 Å². The number of hydrogen-bond acceptors (Lipinski definition) is 6. The minimum absolute atomic E-state index is 0.000864. The molecular formula is C23H24ClN3O3S2. The minimum atomic E-state index is 0.000864. The predicted octanol–water partition coefficient (Wildman–Crippen LogP) is 4.49. The fraction of sp³-hybridized carbons (Fsp3) is 0.435. The van der Waals surface area contributed by atoms with Crippen LogP contribution < -0.4 is 5.56 Å². The maximum absolute atomic E-state index is 13.7. The van der Waals surface area contributed by atoms with E-state index in [0.29, 0.717) is 47.4 Å². The molecule has 32 heavy (non-hydrogen) atoms. The Balaban J connectivity index is 1.55. The average Bonchev–Trinajstić information content (AvgIpc) is 3.42. The van der Waals surface area contributed by atoms with Crippen LogP contribution in [-0.4, -0.2) is 39.6 Å². The number of fused-ring (bicyclic) bond motifs is 3. The molecule has 1 amide bonds. The van der Waals surface area contributed by atoms with Gasteiger partial charge in [-0.3, -0.25) is 14.2 Å². The maximum atomic E-state index is 13.7. The van der Waals surface area contributed by atoms with Crippen molar-refractivity contribution in [3.05, 3.63) is 55.6 Å². The highest BCUT2D eigenvalue weighted by atomic mass is 35.5. The van der Waals surface area contributed by atoms with Gasteiger partial charge in [0.05, 0.1) is 24.6 Å². The summed E-state index contributed by atoms with van der Waals surface area (Å²) in [6.07, 6.45) is 2.70. The first-order valence-electron chi connectivity index (χ1n) is 10.8. The van der Waals surface area contributed by atoms with Crippen LogP contribution >= 0.6 is 34.7 Å². The molecule has 2 aliphatic rings. The van der Waals surface area contributed by atoms with Crippen molar-refractivity contribution < 1.29 is 9.53 Å². The fourth-order valence-corrected chi connectivity index (χ4v) is 6.92. The molecule has 0 aliphatic carbocycles. The number of amides is 1. The molecule has 0 N–H and O–H groups in total. The topological polar surface area (TPSA) is 64.4 Å². The van der Waals surface area contributed by atoms with Crippen LogP contribution in [0.2, 0.25) is 5.02 Å². The smallest absolute Gasteiger partial charge is 0.263 e. The number of ether oxygens (including phenoxy) is 1. The molecule has 0 saturated carbocycles. The van der Waals surface area contributed by atoms with Crippen LogP contribution in [-0.2, 0) is 34.8 Å². The van der Waals surface area contributed by atoms with Crippen molar-refractivity contribution in [2.24, 2.45) is 0 Å². The molecule has 4 heterocycles. The van der Waals surface area contributed by atoms with Gasteiger partial charge in [-0.2, -0.15) is 0 Å². The first-order chi connectivity index (χ1) is 15.5. The zero-order valence-electron chi connectivity index (χ0n) is 17.8. The van der Waals surface area contributed by atoms with Gasteiger partial charge in [-0.1, -0.05) is 41.6 Å². The van der Waals surface area contributed by atoms with Gasteiger partial charge >= 0.3 is 0 Å². The summed E-state index contributed by atoms with van der Waals surface area (Å²) in [7, 11) is 0. The fourth-order valence-electron chi connectivity index (χ4n) is 4.35. The van der Waals surface area contributed by atoms with Gasteiger partial charge in [-0.05, 0) is 36.5 Å². The van der Waals surface area contributed by atoms with Gasteiger partial charge in [0.2, 0.25) is 5.91 Å². The molecular weight excluding hydrogens is 466 g/mol. The lowest BCUT2D eigenvalue weighted by Gasteiger charge is -2.25. The van der Waals surface area contributed by atoms with Gasteiger partial charge in [0.15, 0.2) is 5.16 Å². The zero-order valence-corrected chi connectivity index (χ0v) is 20.2. The lowest BCUT2D eigenvalue weighted by molar-refractivity contribution is -0.129. The molecule has 168 valence electrons. The first-order valence-corrected chi connectivity index (χ1v) is 13.0. The van der Waals surface area contributed by atoms with E-state index in [4.69, 9.17) is 21.3 Å². The molecule has 0 unspecified atom stereocenters. The largest absolute Gasteiger partial charge is 0.376 e. The van der Waals surface area contributed by atoms with Crippen LogP contribution in [0.1, 0.15) is 35.8 Å². The molecule has 3 aromatic rings. The summed E-state index contributed by atoms with van der Waals surface area (Å²) in [5.74, 6) is 0.694. The first kappa shape index (κ1) is 21.9. The molecule has 1 aromatic carbocycles. The predicted molar refractivity (Wildman–Crippen MR) is 129 cm³/mol. The molecule has 0 radical (unpaired) electrons. The Morgan fingerprint density at radius 2 is 2.22 bits per heavy atom. The highest BCUT2D eigenvalue weighted by Crippen LogP contribution is 2.35. The number of halogens is 1. The SMILES string of the molecule is CC(=O)N1CCc2c(sc3nc(SCc4ccccc4Cl)n(C[C@@H]4CCCO4)c(=O)c23)C1. The molecule has 0 spiro atoms. The second-order valence-corrected chi connectivity index (χ2v) is 10.6.